The van der Waals surface area contributed by atoms with Gasteiger partial charge in [0.05, 0.1) is 5.41 Å². The Morgan fingerprint density at radius 3 is 2.73 bits per heavy atom. The molecule has 3 nitrogen and oxygen atoms in total. The van der Waals surface area contributed by atoms with E-state index in [2.05, 4.69) is 0 Å². The third kappa shape index (κ3) is 2.98. The van der Waals surface area contributed by atoms with Crippen molar-refractivity contribution in [1.82, 2.24) is 0 Å². The molecule has 0 aromatic heterocycles. The first kappa shape index (κ1) is 12.1. The van der Waals surface area contributed by atoms with Gasteiger partial charge in [0.25, 0.3) is 0 Å². The third-order valence-electron chi connectivity index (χ3n) is 3.23. The van der Waals surface area contributed by atoms with Gasteiger partial charge in [-0.05, 0) is 26.2 Å². The second-order valence-electron chi connectivity index (χ2n) is 4.46. The zero-order chi connectivity index (χ0) is 11.3. The minimum Gasteiger partial charge on any atom is -0.302 e. The molecule has 1 saturated carbocycles. The Kier molecular flexibility index (Phi) is 4.18. The molecule has 0 aromatic carbocycles. The number of rotatable bonds is 4. The highest BCUT2D eigenvalue weighted by atomic mass is 16.1. The molecule has 1 rings (SSSR count). The summed E-state index contributed by atoms with van der Waals surface area (Å²) in [4.78, 5) is 33.9. The van der Waals surface area contributed by atoms with E-state index in [4.69, 9.17) is 0 Å². The monoisotopic (exact) mass is 210 g/mol. The Morgan fingerprint density at radius 1 is 1.40 bits per heavy atom. The zero-order valence-electron chi connectivity index (χ0n) is 9.25. The van der Waals surface area contributed by atoms with Gasteiger partial charge < -0.3 is 9.59 Å². The molecule has 0 spiro atoms. The fourth-order valence-electron chi connectivity index (χ4n) is 2.14. The van der Waals surface area contributed by atoms with E-state index in [0.717, 1.165) is 25.5 Å². The lowest BCUT2D eigenvalue weighted by Gasteiger charge is -2.24. The van der Waals surface area contributed by atoms with E-state index >= 15 is 0 Å². The summed E-state index contributed by atoms with van der Waals surface area (Å²) in [6.45, 7) is 1.50. The first-order valence-electron chi connectivity index (χ1n) is 5.60. The van der Waals surface area contributed by atoms with Crippen LogP contribution in [-0.2, 0) is 14.4 Å². The standard InChI is InChI=1S/C12H18O3/c1-10(14)6-8-12(9-13)7-4-2-3-5-11(12)15/h9H,2-8H2,1H3. The molecule has 1 atom stereocenters. The van der Waals surface area contributed by atoms with Gasteiger partial charge in [-0.25, -0.2) is 0 Å². The highest BCUT2D eigenvalue weighted by Gasteiger charge is 2.38. The van der Waals surface area contributed by atoms with E-state index in [1.807, 2.05) is 0 Å². The van der Waals surface area contributed by atoms with E-state index < -0.39 is 5.41 Å². The normalized spacial score (nSPS) is 27.1. The van der Waals surface area contributed by atoms with Crippen LogP contribution in [0.3, 0.4) is 0 Å². The lowest BCUT2D eigenvalue weighted by atomic mass is 9.76. The summed E-state index contributed by atoms with van der Waals surface area (Å²) in [7, 11) is 0. The number of aldehydes is 1. The highest BCUT2D eigenvalue weighted by molar-refractivity contribution is 5.98. The van der Waals surface area contributed by atoms with Crippen molar-refractivity contribution in [2.45, 2.75) is 51.9 Å². The summed E-state index contributed by atoms with van der Waals surface area (Å²) in [6, 6.07) is 0. The maximum Gasteiger partial charge on any atom is 0.146 e. The second-order valence-corrected chi connectivity index (χ2v) is 4.46. The van der Waals surface area contributed by atoms with Crippen molar-refractivity contribution in [3.8, 4) is 0 Å². The first-order valence-corrected chi connectivity index (χ1v) is 5.60. The molecular formula is C12H18O3. The summed E-state index contributed by atoms with van der Waals surface area (Å²) in [5.41, 5.74) is -0.845. The third-order valence-corrected chi connectivity index (χ3v) is 3.23. The molecule has 3 heteroatoms. The van der Waals surface area contributed by atoms with Gasteiger partial charge in [-0.2, -0.15) is 0 Å². The van der Waals surface area contributed by atoms with Crippen molar-refractivity contribution in [2.75, 3.05) is 0 Å². The quantitative estimate of drug-likeness (QED) is 0.405. The van der Waals surface area contributed by atoms with Crippen LogP contribution in [0.1, 0.15) is 51.9 Å². The molecule has 0 aliphatic heterocycles. The molecule has 0 radical (unpaired) electrons. The van der Waals surface area contributed by atoms with Crippen LogP contribution in [0.2, 0.25) is 0 Å². The molecule has 1 aliphatic rings. The van der Waals surface area contributed by atoms with E-state index in [1.165, 1.54) is 6.92 Å². The summed E-state index contributed by atoms with van der Waals surface area (Å²) in [5.74, 6) is 0.0875. The fourth-order valence-corrected chi connectivity index (χ4v) is 2.14. The molecule has 0 N–H and O–H groups in total. The lowest BCUT2D eigenvalue weighted by Crippen LogP contribution is -2.32. The average molecular weight is 210 g/mol. The molecule has 84 valence electrons. The Labute approximate surface area is 90.2 Å². The molecule has 0 heterocycles. The van der Waals surface area contributed by atoms with Gasteiger partial charge in [0.1, 0.15) is 17.9 Å². The van der Waals surface area contributed by atoms with Gasteiger partial charge >= 0.3 is 0 Å². The van der Waals surface area contributed by atoms with Crippen molar-refractivity contribution in [3.63, 3.8) is 0 Å². The van der Waals surface area contributed by atoms with Gasteiger partial charge in [-0.3, -0.25) is 4.79 Å². The summed E-state index contributed by atoms with van der Waals surface area (Å²) >= 11 is 0. The Bertz CT molecular complexity index is 270. The molecule has 0 amide bonds. The molecule has 15 heavy (non-hydrogen) atoms. The second kappa shape index (κ2) is 5.19. The first-order chi connectivity index (χ1) is 7.10. The lowest BCUT2D eigenvalue weighted by molar-refractivity contribution is -0.135. The number of ketones is 2. The Morgan fingerprint density at radius 2 is 2.13 bits per heavy atom. The molecule has 1 aliphatic carbocycles. The number of carbonyl (C=O) groups excluding carboxylic acids is 3. The Hall–Kier alpha value is -0.990. The maximum atomic E-state index is 11.8. The van der Waals surface area contributed by atoms with Crippen molar-refractivity contribution < 1.29 is 14.4 Å². The number of carbonyl (C=O) groups is 3. The van der Waals surface area contributed by atoms with Crippen LogP contribution in [0.4, 0.5) is 0 Å². The zero-order valence-corrected chi connectivity index (χ0v) is 9.25. The van der Waals surface area contributed by atoms with Crippen molar-refractivity contribution in [3.05, 3.63) is 0 Å². The van der Waals surface area contributed by atoms with Crippen LogP contribution >= 0.6 is 0 Å². The molecule has 0 saturated heterocycles. The van der Waals surface area contributed by atoms with Gasteiger partial charge in [0.15, 0.2) is 0 Å². The molecule has 1 unspecified atom stereocenters. The SMILES string of the molecule is CC(=O)CCC1(C=O)CCCCCC1=O. The van der Waals surface area contributed by atoms with Crippen LogP contribution in [0, 0.1) is 5.41 Å². The minimum atomic E-state index is -0.845. The highest BCUT2D eigenvalue weighted by Crippen LogP contribution is 2.34. The van der Waals surface area contributed by atoms with Crippen molar-refractivity contribution in [2.24, 2.45) is 5.41 Å². The largest absolute Gasteiger partial charge is 0.302 e. The smallest absolute Gasteiger partial charge is 0.146 e. The summed E-state index contributed by atoms with van der Waals surface area (Å²) < 4.78 is 0. The predicted octanol–water partition coefficient (Wildman–Crippen LogP) is 2.07. The van der Waals surface area contributed by atoms with E-state index in [1.54, 1.807) is 0 Å². The van der Waals surface area contributed by atoms with Crippen LogP contribution in [0.25, 0.3) is 0 Å². The van der Waals surface area contributed by atoms with E-state index in [9.17, 15) is 14.4 Å². The molecule has 1 fully saturated rings. The molecule has 0 aromatic rings. The topological polar surface area (TPSA) is 51.2 Å². The fraction of sp³-hybridized carbons (Fsp3) is 0.750. The van der Waals surface area contributed by atoms with Crippen LogP contribution in [0.15, 0.2) is 0 Å². The van der Waals surface area contributed by atoms with Crippen LogP contribution in [0.5, 0.6) is 0 Å². The van der Waals surface area contributed by atoms with Gasteiger partial charge in [0, 0.05) is 12.8 Å². The number of hydrogen-bond acceptors (Lipinski definition) is 3. The molecular weight excluding hydrogens is 192 g/mol. The summed E-state index contributed by atoms with van der Waals surface area (Å²) in [6.07, 6.45) is 5.47. The van der Waals surface area contributed by atoms with Crippen LogP contribution < -0.4 is 0 Å². The van der Waals surface area contributed by atoms with Gasteiger partial charge in [-0.15, -0.1) is 0 Å². The molecule has 0 bridgehead atoms. The predicted molar refractivity (Wildman–Crippen MR) is 56.5 cm³/mol. The average Bonchev–Trinajstić information content (AvgIpc) is 2.38. The van der Waals surface area contributed by atoms with Crippen LogP contribution in [-0.4, -0.2) is 17.9 Å². The summed E-state index contributed by atoms with van der Waals surface area (Å²) in [5, 5.41) is 0. The van der Waals surface area contributed by atoms with Crippen molar-refractivity contribution >= 4 is 17.9 Å². The number of hydrogen-bond donors (Lipinski definition) is 0. The minimum absolute atomic E-state index is 0.0382. The Balaban J connectivity index is 2.74. The van der Waals surface area contributed by atoms with Crippen molar-refractivity contribution in [1.29, 1.82) is 0 Å². The van der Waals surface area contributed by atoms with Gasteiger partial charge in [-0.1, -0.05) is 12.8 Å². The maximum absolute atomic E-state index is 11.8. The number of Topliss-reactive ketones (excluding diaryl/α,β-unsaturated/α-hetero) is 2. The van der Waals surface area contributed by atoms with E-state index in [-0.39, 0.29) is 11.6 Å². The van der Waals surface area contributed by atoms with Gasteiger partial charge in [0.2, 0.25) is 0 Å². The van der Waals surface area contributed by atoms with E-state index in [0.29, 0.717) is 25.7 Å².